The van der Waals surface area contributed by atoms with Gasteiger partial charge < -0.3 is 14.2 Å². The van der Waals surface area contributed by atoms with Gasteiger partial charge in [0, 0.05) is 12.1 Å². The van der Waals surface area contributed by atoms with Crippen molar-refractivity contribution in [1.29, 1.82) is 0 Å². The fourth-order valence-corrected chi connectivity index (χ4v) is 1.66. The molecule has 0 radical (unpaired) electrons. The predicted octanol–water partition coefficient (Wildman–Crippen LogP) is 3.09. The summed E-state index contributed by atoms with van der Waals surface area (Å²) >= 11 is 0. The first kappa shape index (κ1) is 14.4. The van der Waals surface area contributed by atoms with E-state index in [1.54, 1.807) is 12.1 Å². The smallest absolute Gasteiger partial charge is 0.157 e. The van der Waals surface area contributed by atoms with Gasteiger partial charge in [-0.3, -0.25) is 4.79 Å². The minimum absolute atomic E-state index is 0.404. The highest BCUT2D eigenvalue weighted by Crippen LogP contribution is 2.32. The van der Waals surface area contributed by atoms with Crippen LogP contribution in [-0.2, 0) is 0 Å². The number of carbonyl (C=O) groups excluding carboxylic acids is 1. The number of methoxy groups -OCH3 is 2. The molecule has 1 rings (SSSR count). The van der Waals surface area contributed by atoms with Gasteiger partial charge in [0.15, 0.2) is 6.29 Å². The molecule has 0 fully saturated rings. The van der Waals surface area contributed by atoms with E-state index in [0.29, 0.717) is 29.4 Å². The molecule has 0 amide bonds. The first-order valence-corrected chi connectivity index (χ1v) is 6.10. The van der Waals surface area contributed by atoms with Gasteiger partial charge in [0.25, 0.3) is 0 Å². The van der Waals surface area contributed by atoms with Crippen LogP contribution in [0.2, 0.25) is 0 Å². The van der Waals surface area contributed by atoms with Crippen LogP contribution in [0.25, 0.3) is 0 Å². The van der Waals surface area contributed by atoms with Gasteiger partial charge in [-0.1, -0.05) is 19.8 Å². The van der Waals surface area contributed by atoms with Crippen LogP contribution in [0.3, 0.4) is 0 Å². The zero-order valence-electron chi connectivity index (χ0n) is 11.2. The summed E-state index contributed by atoms with van der Waals surface area (Å²) in [4.78, 5) is 11.0. The Hall–Kier alpha value is -1.71. The summed E-state index contributed by atoms with van der Waals surface area (Å²) in [5.41, 5.74) is 0.404. The number of carbonyl (C=O) groups is 1. The quantitative estimate of drug-likeness (QED) is 0.527. The Balaban J connectivity index is 2.83. The van der Waals surface area contributed by atoms with Crippen LogP contribution in [0.15, 0.2) is 12.1 Å². The molecule has 4 heteroatoms. The molecule has 0 bridgehead atoms. The summed E-state index contributed by atoms with van der Waals surface area (Å²) in [5.74, 6) is 1.59. The zero-order valence-corrected chi connectivity index (χ0v) is 11.2. The maximum absolute atomic E-state index is 11.0. The standard InChI is InChI=1S/C14H20O4/c1-4-5-6-7-18-11-8-13(16-2)12(10-15)14(9-11)17-3/h8-10H,4-7H2,1-3H3. The van der Waals surface area contributed by atoms with Crippen molar-refractivity contribution in [2.24, 2.45) is 0 Å². The van der Waals surface area contributed by atoms with Crippen molar-refractivity contribution in [1.82, 2.24) is 0 Å². The lowest BCUT2D eigenvalue weighted by atomic mass is 10.2. The second-order valence-electron chi connectivity index (χ2n) is 3.91. The van der Waals surface area contributed by atoms with Crippen LogP contribution in [0, 0.1) is 0 Å². The second-order valence-corrected chi connectivity index (χ2v) is 3.91. The van der Waals surface area contributed by atoms with Crippen LogP contribution in [-0.4, -0.2) is 27.1 Å². The Morgan fingerprint density at radius 2 is 1.72 bits per heavy atom. The van der Waals surface area contributed by atoms with Gasteiger partial charge >= 0.3 is 0 Å². The molecule has 0 unspecified atom stereocenters. The predicted molar refractivity (Wildman–Crippen MR) is 70.0 cm³/mol. The monoisotopic (exact) mass is 252 g/mol. The number of hydrogen-bond donors (Lipinski definition) is 0. The molecule has 0 spiro atoms. The number of ether oxygens (including phenoxy) is 3. The van der Waals surface area contributed by atoms with Crippen LogP contribution < -0.4 is 14.2 Å². The highest BCUT2D eigenvalue weighted by molar-refractivity contribution is 5.84. The maximum Gasteiger partial charge on any atom is 0.157 e. The van der Waals surface area contributed by atoms with Crippen molar-refractivity contribution in [2.75, 3.05) is 20.8 Å². The molecule has 18 heavy (non-hydrogen) atoms. The molecule has 1 aromatic rings. The van der Waals surface area contributed by atoms with Crippen molar-refractivity contribution < 1.29 is 19.0 Å². The number of hydrogen-bond acceptors (Lipinski definition) is 4. The molecule has 0 aromatic heterocycles. The van der Waals surface area contributed by atoms with Gasteiger partial charge in [0.2, 0.25) is 0 Å². The molecule has 100 valence electrons. The molecular weight excluding hydrogens is 232 g/mol. The van der Waals surface area contributed by atoms with Crippen molar-refractivity contribution in [3.63, 3.8) is 0 Å². The number of rotatable bonds is 8. The van der Waals surface area contributed by atoms with Crippen molar-refractivity contribution in [2.45, 2.75) is 26.2 Å². The van der Waals surface area contributed by atoms with E-state index in [-0.39, 0.29) is 0 Å². The average Bonchev–Trinajstić information content (AvgIpc) is 2.42. The van der Waals surface area contributed by atoms with Gasteiger partial charge in [-0.05, 0) is 6.42 Å². The lowest BCUT2D eigenvalue weighted by molar-refractivity contribution is 0.111. The lowest BCUT2D eigenvalue weighted by Crippen LogP contribution is -2.00. The van der Waals surface area contributed by atoms with Gasteiger partial charge in [0.05, 0.1) is 26.4 Å². The molecular formula is C14H20O4. The van der Waals surface area contributed by atoms with Crippen LogP contribution >= 0.6 is 0 Å². The Kier molecular flexibility index (Phi) is 6.05. The fraction of sp³-hybridized carbons (Fsp3) is 0.500. The SMILES string of the molecule is CCCCCOc1cc(OC)c(C=O)c(OC)c1. The van der Waals surface area contributed by atoms with Gasteiger partial charge in [-0.25, -0.2) is 0 Å². The Bertz CT molecular complexity index is 362. The third kappa shape index (κ3) is 3.65. The summed E-state index contributed by atoms with van der Waals surface area (Å²) in [6, 6.07) is 3.41. The van der Waals surface area contributed by atoms with Gasteiger partial charge in [-0.2, -0.15) is 0 Å². The van der Waals surface area contributed by atoms with E-state index in [0.717, 1.165) is 25.5 Å². The first-order valence-electron chi connectivity index (χ1n) is 6.10. The summed E-state index contributed by atoms with van der Waals surface area (Å²) in [6.07, 6.45) is 4.02. The largest absolute Gasteiger partial charge is 0.496 e. The van der Waals surface area contributed by atoms with E-state index in [1.165, 1.54) is 14.2 Å². The number of aldehydes is 1. The molecule has 0 saturated heterocycles. The second kappa shape index (κ2) is 7.58. The Morgan fingerprint density at radius 1 is 1.11 bits per heavy atom. The van der Waals surface area contributed by atoms with E-state index in [2.05, 4.69) is 6.92 Å². The molecule has 0 aliphatic heterocycles. The highest BCUT2D eigenvalue weighted by atomic mass is 16.5. The molecule has 0 saturated carbocycles. The van der Waals surface area contributed by atoms with Gasteiger partial charge in [-0.15, -0.1) is 0 Å². The molecule has 1 aromatic carbocycles. The van der Waals surface area contributed by atoms with E-state index < -0.39 is 0 Å². The van der Waals surface area contributed by atoms with Crippen LogP contribution in [0.1, 0.15) is 36.5 Å². The van der Waals surface area contributed by atoms with Crippen molar-refractivity contribution in [3.05, 3.63) is 17.7 Å². The van der Waals surface area contributed by atoms with Crippen LogP contribution in [0.5, 0.6) is 17.2 Å². The number of benzene rings is 1. The summed E-state index contributed by atoms with van der Waals surface area (Å²) in [6.45, 7) is 2.80. The van der Waals surface area contributed by atoms with E-state index in [9.17, 15) is 4.79 Å². The summed E-state index contributed by atoms with van der Waals surface area (Å²) in [5, 5.41) is 0. The molecule has 0 N–H and O–H groups in total. The molecule has 4 nitrogen and oxygen atoms in total. The Morgan fingerprint density at radius 3 is 2.17 bits per heavy atom. The molecule has 0 heterocycles. The third-order valence-electron chi connectivity index (χ3n) is 2.65. The average molecular weight is 252 g/mol. The Labute approximate surface area is 108 Å². The normalized spacial score (nSPS) is 9.94. The van der Waals surface area contributed by atoms with Crippen molar-refractivity contribution >= 4 is 6.29 Å². The van der Waals surface area contributed by atoms with E-state index in [1.807, 2.05) is 0 Å². The van der Waals surface area contributed by atoms with E-state index >= 15 is 0 Å². The molecule has 0 aliphatic carbocycles. The van der Waals surface area contributed by atoms with E-state index in [4.69, 9.17) is 14.2 Å². The molecule has 0 atom stereocenters. The van der Waals surface area contributed by atoms with Crippen molar-refractivity contribution in [3.8, 4) is 17.2 Å². The minimum Gasteiger partial charge on any atom is -0.496 e. The zero-order chi connectivity index (χ0) is 13.4. The highest BCUT2D eigenvalue weighted by Gasteiger charge is 2.12. The topological polar surface area (TPSA) is 44.8 Å². The summed E-state index contributed by atoms with van der Waals surface area (Å²) < 4.78 is 15.9. The van der Waals surface area contributed by atoms with Gasteiger partial charge in [0.1, 0.15) is 17.2 Å². The molecule has 0 aliphatic rings. The van der Waals surface area contributed by atoms with Crippen LogP contribution in [0.4, 0.5) is 0 Å². The first-order chi connectivity index (χ1) is 8.76. The third-order valence-corrected chi connectivity index (χ3v) is 2.65. The fourth-order valence-electron chi connectivity index (χ4n) is 1.66. The summed E-state index contributed by atoms with van der Waals surface area (Å²) in [7, 11) is 3.03. The maximum atomic E-state index is 11.0. The lowest BCUT2D eigenvalue weighted by Gasteiger charge is -2.12. The minimum atomic E-state index is 0.404. The number of unbranched alkanes of at least 4 members (excludes halogenated alkanes) is 2.